The van der Waals surface area contributed by atoms with Crippen LogP contribution in [-0.2, 0) is 0 Å². The summed E-state index contributed by atoms with van der Waals surface area (Å²) >= 11 is 0. The van der Waals surface area contributed by atoms with Gasteiger partial charge in [0, 0.05) is 7.05 Å². The van der Waals surface area contributed by atoms with Crippen LogP contribution in [0.15, 0.2) is 78.3 Å². The van der Waals surface area contributed by atoms with E-state index in [9.17, 15) is 0 Å². The third kappa shape index (κ3) is 3.02. The van der Waals surface area contributed by atoms with Crippen molar-refractivity contribution in [3.63, 3.8) is 0 Å². The summed E-state index contributed by atoms with van der Waals surface area (Å²) in [6.07, 6.45) is 5.73. The molecule has 0 saturated heterocycles. The van der Waals surface area contributed by atoms with E-state index in [1.807, 2.05) is 66.6 Å². The molecule has 4 rings (SSSR count). The quantitative estimate of drug-likeness (QED) is 0.763. The van der Waals surface area contributed by atoms with Gasteiger partial charge in [-0.2, -0.15) is 5.10 Å². The van der Waals surface area contributed by atoms with Crippen LogP contribution in [0.1, 0.15) is 11.1 Å². The van der Waals surface area contributed by atoms with Crippen molar-refractivity contribution in [1.82, 2.24) is 10.2 Å². The molecule has 0 saturated carbocycles. The average molecular weight is 342 g/mol. The lowest BCUT2D eigenvalue weighted by Crippen LogP contribution is -2.26. The molecule has 5 nitrogen and oxygen atoms in total. The SMILES string of the molecule is CN1C(=Cc2ccccc2)C(=Cc2ccccc2)Oc2c1cnnc2N. The first kappa shape index (κ1) is 15.9. The minimum Gasteiger partial charge on any atom is -0.449 e. The zero-order valence-corrected chi connectivity index (χ0v) is 14.3. The lowest BCUT2D eigenvalue weighted by atomic mass is 10.1. The largest absolute Gasteiger partial charge is 0.449 e. The molecule has 5 heteroatoms. The Bertz CT molecular complexity index is 981. The van der Waals surface area contributed by atoms with Crippen LogP contribution in [-0.4, -0.2) is 17.2 Å². The molecule has 0 amide bonds. The number of fused-ring (bicyclic) bond motifs is 1. The molecule has 0 radical (unpaired) electrons. The fraction of sp³-hybridized carbons (Fsp3) is 0.0476. The Kier molecular flexibility index (Phi) is 4.11. The molecule has 2 heterocycles. The molecule has 1 aliphatic heterocycles. The van der Waals surface area contributed by atoms with Crippen LogP contribution in [0.3, 0.4) is 0 Å². The fourth-order valence-corrected chi connectivity index (χ4v) is 2.86. The van der Waals surface area contributed by atoms with Crippen molar-refractivity contribution in [3.05, 3.63) is 89.4 Å². The number of nitrogens with zero attached hydrogens (tertiary/aromatic N) is 3. The number of hydrogen-bond donors (Lipinski definition) is 1. The Balaban J connectivity index is 1.87. The van der Waals surface area contributed by atoms with E-state index in [1.165, 1.54) is 0 Å². The number of aromatic nitrogens is 2. The normalized spacial score (nSPS) is 16.4. The second kappa shape index (κ2) is 6.72. The summed E-state index contributed by atoms with van der Waals surface area (Å²) in [6, 6.07) is 20.1. The number of ether oxygens (including phenoxy) is 1. The Hall–Kier alpha value is -3.60. The van der Waals surface area contributed by atoms with Gasteiger partial charge < -0.3 is 15.4 Å². The Morgan fingerprint density at radius 1 is 0.923 bits per heavy atom. The van der Waals surface area contributed by atoms with Crippen molar-refractivity contribution in [3.8, 4) is 5.75 Å². The van der Waals surface area contributed by atoms with Gasteiger partial charge in [-0.1, -0.05) is 60.7 Å². The van der Waals surface area contributed by atoms with E-state index in [2.05, 4.69) is 28.4 Å². The number of hydrogen-bond acceptors (Lipinski definition) is 5. The highest BCUT2D eigenvalue weighted by Crippen LogP contribution is 2.41. The highest BCUT2D eigenvalue weighted by Gasteiger charge is 2.27. The van der Waals surface area contributed by atoms with Gasteiger partial charge in [0.1, 0.15) is 5.69 Å². The number of anilines is 2. The van der Waals surface area contributed by atoms with E-state index in [1.54, 1.807) is 6.20 Å². The van der Waals surface area contributed by atoms with E-state index in [0.29, 0.717) is 11.5 Å². The highest BCUT2D eigenvalue weighted by atomic mass is 16.5. The molecule has 0 atom stereocenters. The molecule has 2 N–H and O–H groups in total. The summed E-state index contributed by atoms with van der Waals surface area (Å²) in [4.78, 5) is 2.02. The van der Waals surface area contributed by atoms with Crippen molar-refractivity contribution < 1.29 is 4.74 Å². The van der Waals surface area contributed by atoms with Crippen LogP contribution in [0.5, 0.6) is 5.75 Å². The third-order valence-corrected chi connectivity index (χ3v) is 4.20. The predicted octanol–water partition coefficient (Wildman–Crippen LogP) is 3.97. The summed E-state index contributed by atoms with van der Waals surface area (Å²) in [5.74, 6) is 1.50. The average Bonchev–Trinajstić information content (AvgIpc) is 2.67. The predicted molar refractivity (Wildman–Crippen MR) is 104 cm³/mol. The van der Waals surface area contributed by atoms with Gasteiger partial charge in [0.05, 0.1) is 11.9 Å². The number of nitrogens with two attached hydrogens (primary N) is 1. The topological polar surface area (TPSA) is 64.3 Å². The molecule has 3 aromatic rings. The van der Waals surface area contributed by atoms with Crippen LogP contribution in [0.25, 0.3) is 12.2 Å². The van der Waals surface area contributed by atoms with E-state index < -0.39 is 0 Å². The minimum absolute atomic E-state index is 0.270. The van der Waals surface area contributed by atoms with Crippen LogP contribution >= 0.6 is 0 Å². The Labute approximate surface area is 152 Å². The molecule has 0 bridgehead atoms. The second-order valence-electron chi connectivity index (χ2n) is 5.96. The minimum atomic E-state index is 0.270. The van der Waals surface area contributed by atoms with Crippen LogP contribution in [0, 0.1) is 0 Å². The first-order valence-electron chi connectivity index (χ1n) is 8.29. The fourth-order valence-electron chi connectivity index (χ4n) is 2.86. The van der Waals surface area contributed by atoms with E-state index >= 15 is 0 Å². The van der Waals surface area contributed by atoms with E-state index in [0.717, 1.165) is 22.5 Å². The van der Waals surface area contributed by atoms with Crippen LogP contribution in [0.2, 0.25) is 0 Å². The maximum Gasteiger partial charge on any atom is 0.196 e. The maximum absolute atomic E-state index is 6.15. The molecule has 1 aliphatic rings. The summed E-state index contributed by atoms with van der Waals surface area (Å²) in [5, 5.41) is 7.86. The lowest BCUT2D eigenvalue weighted by molar-refractivity contribution is 0.426. The number of likely N-dealkylation sites (N-methyl/N-ethyl adjacent to an activating group) is 1. The summed E-state index contributed by atoms with van der Waals surface area (Å²) in [6.45, 7) is 0. The molecular weight excluding hydrogens is 324 g/mol. The smallest absolute Gasteiger partial charge is 0.196 e. The molecule has 1 aromatic heterocycles. The first-order chi connectivity index (χ1) is 12.7. The number of nitrogen functional groups attached to an aromatic ring is 1. The maximum atomic E-state index is 6.15. The van der Waals surface area contributed by atoms with Gasteiger partial charge >= 0.3 is 0 Å². The van der Waals surface area contributed by atoms with Crippen molar-refractivity contribution in [1.29, 1.82) is 0 Å². The van der Waals surface area contributed by atoms with Gasteiger partial charge in [0.2, 0.25) is 0 Å². The number of benzene rings is 2. The van der Waals surface area contributed by atoms with Gasteiger partial charge in [-0.25, -0.2) is 0 Å². The van der Waals surface area contributed by atoms with Gasteiger partial charge in [0.15, 0.2) is 17.3 Å². The zero-order chi connectivity index (χ0) is 17.9. The van der Waals surface area contributed by atoms with E-state index in [4.69, 9.17) is 10.5 Å². The third-order valence-electron chi connectivity index (χ3n) is 4.20. The highest BCUT2D eigenvalue weighted by molar-refractivity contribution is 5.79. The standard InChI is InChI=1S/C21H18N4O/c1-25-17(12-15-8-4-2-5-9-15)19(13-16-10-6-3-7-11-16)26-20-18(25)14-23-24-21(20)22/h2-14H,1H3,(H2,22,24). The summed E-state index contributed by atoms with van der Waals surface area (Å²) < 4.78 is 6.15. The van der Waals surface area contributed by atoms with Crippen LogP contribution < -0.4 is 15.4 Å². The van der Waals surface area contributed by atoms with Gasteiger partial charge in [-0.3, -0.25) is 0 Å². The van der Waals surface area contributed by atoms with Crippen LogP contribution in [0.4, 0.5) is 11.5 Å². The molecule has 128 valence electrons. The van der Waals surface area contributed by atoms with Crippen molar-refractivity contribution in [2.24, 2.45) is 0 Å². The van der Waals surface area contributed by atoms with Crippen molar-refractivity contribution in [2.75, 3.05) is 17.7 Å². The summed E-state index contributed by atoms with van der Waals surface area (Å²) in [7, 11) is 1.97. The lowest BCUT2D eigenvalue weighted by Gasteiger charge is -2.31. The Morgan fingerprint density at radius 2 is 1.54 bits per heavy atom. The first-order valence-corrected chi connectivity index (χ1v) is 8.29. The second-order valence-corrected chi connectivity index (χ2v) is 5.96. The molecule has 2 aromatic carbocycles. The zero-order valence-electron chi connectivity index (χ0n) is 14.3. The molecule has 0 fully saturated rings. The molecule has 0 unspecified atom stereocenters. The number of rotatable bonds is 2. The molecular formula is C21H18N4O. The monoisotopic (exact) mass is 342 g/mol. The summed E-state index contributed by atoms with van der Waals surface area (Å²) in [5.41, 5.74) is 9.80. The Morgan fingerprint density at radius 3 is 2.19 bits per heavy atom. The molecule has 26 heavy (non-hydrogen) atoms. The molecule has 0 aliphatic carbocycles. The van der Waals surface area contributed by atoms with Gasteiger partial charge in [-0.05, 0) is 23.3 Å². The van der Waals surface area contributed by atoms with Gasteiger partial charge in [0.25, 0.3) is 0 Å². The van der Waals surface area contributed by atoms with E-state index in [-0.39, 0.29) is 5.82 Å². The van der Waals surface area contributed by atoms with Crippen molar-refractivity contribution in [2.45, 2.75) is 0 Å². The molecule has 0 spiro atoms. The van der Waals surface area contributed by atoms with Gasteiger partial charge in [-0.15, -0.1) is 5.10 Å². The van der Waals surface area contributed by atoms with Crippen molar-refractivity contribution >= 4 is 23.7 Å².